The number of halogens is 2. The SMILES string of the molecule is Cc1ccc(Cl)c(NC(=O)CN2CCN(CCc3ccccc3)CC2)c1Cl. The zero-order valence-corrected chi connectivity index (χ0v) is 17.1. The molecule has 2 aromatic carbocycles. The number of benzene rings is 2. The zero-order chi connectivity index (χ0) is 19.2. The quantitative estimate of drug-likeness (QED) is 0.785. The normalized spacial score (nSPS) is 15.7. The topological polar surface area (TPSA) is 35.6 Å². The number of hydrogen-bond acceptors (Lipinski definition) is 3. The standard InChI is InChI=1S/C21H25Cl2N3O/c1-16-7-8-18(22)21(20(16)23)24-19(27)15-26-13-11-25(12-14-26)10-9-17-5-3-2-4-6-17/h2-8H,9-15H2,1H3,(H,24,27). The molecule has 4 nitrogen and oxygen atoms in total. The lowest BCUT2D eigenvalue weighted by atomic mass is 10.1. The average molecular weight is 406 g/mol. The molecule has 1 heterocycles. The van der Waals surface area contributed by atoms with Gasteiger partial charge in [0.15, 0.2) is 0 Å². The molecule has 1 aliphatic rings. The van der Waals surface area contributed by atoms with Crippen LogP contribution in [0, 0.1) is 6.92 Å². The monoisotopic (exact) mass is 405 g/mol. The molecule has 0 bridgehead atoms. The molecule has 0 aromatic heterocycles. The fraction of sp³-hybridized carbons (Fsp3) is 0.381. The van der Waals surface area contributed by atoms with Crippen molar-refractivity contribution in [2.75, 3.05) is 44.6 Å². The molecule has 0 spiro atoms. The predicted molar refractivity (Wildman–Crippen MR) is 113 cm³/mol. The first-order chi connectivity index (χ1) is 13.0. The third-order valence-electron chi connectivity index (χ3n) is 4.94. The van der Waals surface area contributed by atoms with Crippen molar-refractivity contribution in [2.24, 2.45) is 0 Å². The summed E-state index contributed by atoms with van der Waals surface area (Å²) in [5.74, 6) is -0.0814. The highest BCUT2D eigenvalue weighted by Gasteiger charge is 2.20. The van der Waals surface area contributed by atoms with E-state index in [4.69, 9.17) is 23.2 Å². The molecule has 0 saturated carbocycles. The number of piperazine rings is 1. The van der Waals surface area contributed by atoms with Crippen LogP contribution in [-0.2, 0) is 11.2 Å². The van der Waals surface area contributed by atoms with Crippen LogP contribution in [0.4, 0.5) is 5.69 Å². The number of hydrogen-bond donors (Lipinski definition) is 1. The number of aryl methyl sites for hydroxylation is 1. The summed E-state index contributed by atoms with van der Waals surface area (Å²) >= 11 is 12.4. The number of anilines is 1. The van der Waals surface area contributed by atoms with E-state index in [0.29, 0.717) is 22.3 Å². The number of nitrogens with zero attached hydrogens (tertiary/aromatic N) is 2. The van der Waals surface area contributed by atoms with Gasteiger partial charge in [-0.3, -0.25) is 9.69 Å². The number of nitrogens with one attached hydrogen (secondary N) is 1. The van der Waals surface area contributed by atoms with Crippen molar-refractivity contribution in [2.45, 2.75) is 13.3 Å². The van der Waals surface area contributed by atoms with E-state index in [1.54, 1.807) is 6.07 Å². The second-order valence-corrected chi connectivity index (χ2v) is 7.74. The largest absolute Gasteiger partial charge is 0.322 e. The van der Waals surface area contributed by atoms with Gasteiger partial charge in [0.05, 0.1) is 22.3 Å². The smallest absolute Gasteiger partial charge is 0.238 e. The highest BCUT2D eigenvalue weighted by atomic mass is 35.5. The van der Waals surface area contributed by atoms with Crippen LogP contribution >= 0.6 is 23.2 Å². The maximum absolute atomic E-state index is 12.4. The number of carbonyl (C=O) groups is 1. The Morgan fingerprint density at radius 3 is 2.37 bits per heavy atom. The van der Waals surface area contributed by atoms with Crippen LogP contribution in [0.1, 0.15) is 11.1 Å². The maximum Gasteiger partial charge on any atom is 0.238 e. The molecule has 2 aromatic rings. The Hall–Kier alpha value is -1.59. The minimum atomic E-state index is -0.0814. The van der Waals surface area contributed by atoms with Crippen LogP contribution < -0.4 is 5.32 Å². The van der Waals surface area contributed by atoms with E-state index in [-0.39, 0.29) is 5.91 Å². The van der Waals surface area contributed by atoms with Crippen LogP contribution in [0.15, 0.2) is 42.5 Å². The summed E-state index contributed by atoms with van der Waals surface area (Å²) < 4.78 is 0. The van der Waals surface area contributed by atoms with Gasteiger partial charge in [0.2, 0.25) is 5.91 Å². The summed E-state index contributed by atoms with van der Waals surface area (Å²) in [5.41, 5.74) is 2.76. The first-order valence-electron chi connectivity index (χ1n) is 9.26. The Kier molecular flexibility index (Phi) is 7.13. The lowest BCUT2D eigenvalue weighted by molar-refractivity contribution is -0.117. The van der Waals surface area contributed by atoms with E-state index in [0.717, 1.165) is 44.7 Å². The van der Waals surface area contributed by atoms with E-state index < -0.39 is 0 Å². The molecule has 6 heteroatoms. The van der Waals surface area contributed by atoms with E-state index >= 15 is 0 Å². The Morgan fingerprint density at radius 2 is 1.67 bits per heavy atom. The first-order valence-corrected chi connectivity index (χ1v) is 10.0. The second kappa shape index (κ2) is 9.56. The lowest BCUT2D eigenvalue weighted by Crippen LogP contribution is -2.49. The van der Waals surface area contributed by atoms with Crippen LogP contribution in [0.25, 0.3) is 0 Å². The Balaban J connectivity index is 1.44. The van der Waals surface area contributed by atoms with Gasteiger partial charge in [0.25, 0.3) is 0 Å². The van der Waals surface area contributed by atoms with Gasteiger partial charge < -0.3 is 10.2 Å². The molecule has 0 radical (unpaired) electrons. The minimum Gasteiger partial charge on any atom is -0.322 e. The van der Waals surface area contributed by atoms with Gasteiger partial charge >= 0.3 is 0 Å². The van der Waals surface area contributed by atoms with Crippen molar-refractivity contribution < 1.29 is 4.79 Å². The van der Waals surface area contributed by atoms with E-state index in [2.05, 4.69) is 39.4 Å². The van der Waals surface area contributed by atoms with E-state index in [1.165, 1.54) is 5.56 Å². The average Bonchev–Trinajstić information content (AvgIpc) is 2.68. The van der Waals surface area contributed by atoms with Crippen LogP contribution in [0.3, 0.4) is 0 Å². The van der Waals surface area contributed by atoms with Crippen molar-refractivity contribution in [3.8, 4) is 0 Å². The molecule has 0 atom stereocenters. The van der Waals surface area contributed by atoms with Crippen molar-refractivity contribution in [1.82, 2.24) is 9.80 Å². The first kappa shape index (κ1) is 20.2. The summed E-state index contributed by atoms with van der Waals surface area (Å²) in [7, 11) is 0. The van der Waals surface area contributed by atoms with E-state index in [9.17, 15) is 4.79 Å². The molecular formula is C21H25Cl2N3O. The molecule has 0 aliphatic carbocycles. The highest BCUT2D eigenvalue weighted by Crippen LogP contribution is 2.32. The molecule has 1 saturated heterocycles. The molecule has 1 aliphatic heterocycles. The maximum atomic E-state index is 12.4. The van der Waals surface area contributed by atoms with Crippen molar-refractivity contribution >= 4 is 34.8 Å². The lowest BCUT2D eigenvalue weighted by Gasteiger charge is -2.34. The van der Waals surface area contributed by atoms with Gasteiger partial charge in [-0.1, -0.05) is 59.6 Å². The fourth-order valence-corrected chi connectivity index (χ4v) is 3.72. The second-order valence-electron chi connectivity index (χ2n) is 6.95. The third-order valence-corrected chi connectivity index (χ3v) is 5.74. The molecule has 144 valence electrons. The molecule has 1 fully saturated rings. The van der Waals surface area contributed by atoms with Crippen molar-refractivity contribution in [3.63, 3.8) is 0 Å². The summed E-state index contributed by atoms with van der Waals surface area (Å²) in [5, 5.41) is 3.83. The van der Waals surface area contributed by atoms with Crippen LogP contribution in [0.2, 0.25) is 10.0 Å². The van der Waals surface area contributed by atoms with Gasteiger partial charge in [-0.25, -0.2) is 0 Å². The Labute approximate surface area is 171 Å². The number of amides is 1. The van der Waals surface area contributed by atoms with Crippen LogP contribution in [0.5, 0.6) is 0 Å². The van der Waals surface area contributed by atoms with Crippen LogP contribution in [-0.4, -0.2) is 55.0 Å². The highest BCUT2D eigenvalue weighted by molar-refractivity contribution is 6.40. The molecule has 27 heavy (non-hydrogen) atoms. The predicted octanol–water partition coefficient (Wildman–Crippen LogP) is 4.10. The summed E-state index contributed by atoms with van der Waals surface area (Å²) in [6, 6.07) is 14.1. The van der Waals surface area contributed by atoms with Gasteiger partial charge in [0, 0.05) is 32.7 Å². The van der Waals surface area contributed by atoms with Crippen molar-refractivity contribution in [1.29, 1.82) is 0 Å². The summed E-state index contributed by atoms with van der Waals surface area (Å²) in [4.78, 5) is 17.0. The Bertz CT molecular complexity index is 774. The molecule has 0 unspecified atom stereocenters. The third kappa shape index (κ3) is 5.69. The van der Waals surface area contributed by atoms with Crippen molar-refractivity contribution in [3.05, 3.63) is 63.6 Å². The van der Waals surface area contributed by atoms with Gasteiger partial charge in [0.1, 0.15) is 0 Å². The zero-order valence-electron chi connectivity index (χ0n) is 15.5. The van der Waals surface area contributed by atoms with E-state index in [1.807, 2.05) is 19.1 Å². The molecular weight excluding hydrogens is 381 g/mol. The number of carbonyl (C=O) groups excluding carboxylic acids is 1. The molecule has 1 amide bonds. The molecule has 1 N–H and O–H groups in total. The summed E-state index contributed by atoms with van der Waals surface area (Å²) in [6.07, 6.45) is 1.06. The summed E-state index contributed by atoms with van der Waals surface area (Å²) in [6.45, 7) is 7.03. The Morgan fingerprint density at radius 1 is 1.00 bits per heavy atom. The minimum absolute atomic E-state index is 0.0814. The van der Waals surface area contributed by atoms with Gasteiger partial charge in [-0.15, -0.1) is 0 Å². The fourth-order valence-electron chi connectivity index (χ4n) is 3.26. The number of rotatable bonds is 6. The molecule has 3 rings (SSSR count). The van der Waals surface area contributed by atoms with Gasteiger partial charge in [-0.2, -0.15) is 0 Å². The van der Waals surface area contributed by atoms with Gasteiger partial charge in [-0.05, 0) is 30.5 Å².